The highest BCUT2D eigenvalue weighted by Gasteiger charge is 2.54. The maximum absolute atomic E-state index is 14.3. The summed E-state index contributed by atoms with van der Waals surface area (Å²) < 4.78 is 30.2. The van der Waals surface area contributed by atoms with E-state index in [9.17, 15) is 14.0 Å². The number of amides is 2. The molecule has 1 saturated carbocycles. The van der Waals surface area contributed by atoms with E-state index in [-0.39, 0.29) is 34.5 Å². The first-order valence-electron chi connectivity index (χ1n) is 13.3. The van der Waals surface area contributed by atoms with Gasteiger partial charge in [0.25, 0.3) is 5.91 Å². The van der Waals surface area contributed by atoms with Crippen molar-refractivity contribution >= 4 is 23.6 Å². The van der Waals surface area contributed by atoms with Gasteiger partial charge < -0.3 is 24.0 Å². The molecule has 7 nitrogen and oxygen atoms in total. The van der Waals surface area contributed by atoms with Gasteiger partial charge in [-0.2, -0.15) is 0 Å². The third-order valence-electron chi connectivity index (χ3n) is 8.28. The Hall–Kier alpha value is -2.94. The van der Waals surface area contributed by atoms with Crippen LogP contribution in [0.2, 0.25) is 0 Å². The fraction of sp³-hybridized carbons (Fsp3) is 0.533. The van der Waals surface area contributed by atoms with Crippen molar-refractivity contribution < 1.29 is 28.2 Å². The number of likely N-dealkylation sites (tertiary alicyclic amines) is 1. The van der Waals surface area contributed by atoms with Crippen LogP contribution in [-0.4, -0.2) is 67.3 Å². The Balaban J connectivity index is 1.53. The summed E-state index contributed by atoms with van der Waals surface area (Å²) in [6, 6.07) is 8.88. The van der Waals surface area contributed by atoms with Crippen LogP contribution >= 0.6 is 11.8 Å². The summed E-state index contributed by atoms with van der Waals surface area (Å²) in [6.07, 6.45) is 3.02. The standard InChI is InChI=1S/C30H37FN2O5S/c1-29(2)13-21-14-30(3,16-29)17-32(21)27(35)22-15-39-28(18-7-9-20(31)10-8-18)33(22)26(34)19-11-23(36-4)25(38-6)24(12-19)37-5/h7-12,21-22,28H,13-17H2,1-6H3. The normalized spacial score (nSPS) is 27.4. The van der Waals surface area contributed by atoms with Crippen molar-refractivity contribution in [2.45, 2.75) is 57.5 Å². The molecule has 2 bridgehead atoms. The number of ether oxygens (including phenoxy) is 3. The van der Waals surface area contributed by atoms with Gasteiger partial charge in [0.05, 0.1) is 21.3 Å². The molecule has 5 rings (SSSR count). The van der Waals surface area contributed by atoms with Gasteiger partial charge in [-0.1, -0.05) is 32.9 Å². The molecule has 9 heteroatoms. The highest BCUT2D eigenvalue weighted by molar-refractivity contribution is 7.99. The summed E-state index contributed by atoms with van der Waals surface area (Å²) in [7, 11) is 4.50. The lowest BCUT2D eigenvalue weighted by Crippen LogP contribution is -2.51. The molecule has 2 aromatic carbocycles. The number of methoxy groups -OCH3 is 3. The quantitative estimate of drug-likeness (QED) is 0.466. The Kier molecular flexibility index (Phi) is 7.24. The van der Waals surface area contributed by atoms with Crippen LogP contribution < -0.4 is 14.2 Å². The average Bonchev–Trinajstić information content (AvgIpc) is 3.44. The van der Waals surface area contributed by atoms with Crippen LogP contribution in [0.25, 0.3) is 0 Å². The average molecular weight is 557 g/mol. The van der Waals surface area contributed by atoms with Crippen molar-refractivity contribution in [3.8, 4) is 17.2 Å². The van der Waals surface area contributed by atoms with Gasteiger partial charge in [0.15, 0.2) is 11.5 Å². The zero-order valence-corrected chi connectivity index (χ0v) is 24.3. The minimum absolute atomic E-state index is 0.0145. The Morgan fingerprint density at radius 3 is 2.21 bits per heavy atom. The molecule has 0 spiro atoms. The first-order valence-corrected chi connectivity index (χ1v) is 14.3. The van der Waals surface area contributed by atoms with Gasteiger partial charge in [0.1, 0.15) is 17.2 Å². The second-order valence-corrected chi connectivity index (χ2v) is 13.2. The first kappa shape index (κ1) is 27.6. The summed E-state index contributed by atoms with van der Waals surface area (Å²) in [5.41, 5.74) is 1.34. The molecule has 2 aliphatic heterocycles. The molecule has 2 amide bonds. The maximum Gasteiger partial charge on any atom is 0.256 e. The Bertz CT molecular complexity index is 1240. The van der Waals surface area contributed by atoms with Crippen molar-refractivity contribution in [1.82, 2.24) is 9.80 Å². The van der Waals surface area contributed by atoms with Crippen LogP contribution in [0.4, 0.5) is 4.39 Å². The molecular weight excluding hydrogens is 519 g/mol. The van der Waals surface area contributed by atoms with E-state index in [2.05, 4.69) is 20.8 Å². The molecule has 4 atom stereocenters. The molecule has 2 saturated heterocycles. The number of benzene rings is 2. The van der Waals surface area contributed by atoms with Gasteiger partial charge in [-0.15, -0.1) is 11.8 Å². The first-order chi connectivity index (χ1) is 18.5. The van der Waals surface area contributed by atoms with Crippen LogP contribution in [0.1, 0.15) is 61.3 Å². The number of halogens is 1. The second kappa shape index (κ2) is 10.2. The lowest BCUT2D eigenvalue weighted by Gasteiger charge is -2.39. The highest BCUT2D eigenvalue weighted by Crippen LogP contribution is 2.53. The number of nitrogens with zero attached hydrogens (tertiary/aromatic N) is 2. The molecular formula is C30H37FN2O5S. The van der Waals surface area contributed by atoms with Crippen LogP contribution in [-0.2, 0) is 4.79 Å². The van der Waals surface area contributed by atoms with E-state index in [1.807, 2.05) is 4.90 Å². The lowest BCUT2D eigenvalue weighted by atomic mass is 9.65. The van der Waals surface area contributed by atoms with E-state index < -0.39 is 11.4 Å². The molecule has 2 aromatic rings. The van der Waals surface area contributed by atoms with Crippen molar-refractivity contribution in [3.63, 3.8) is 0 Å². The fourth-order valence-corrected chi connectivity index (χ4v) is 8.51. The van der Waals surface area contributed by atoms with Crippen molar-refractivity contribution in [1.29, 1.82) is 0 Å². The van der Waals surface area contributed by atoms with E-state index in [1.54, 1.807) is 29.2 Å². The number of rotatable bonds is 6. The molecule has 39 heavy (non-hydrogen) atoms. The Morgan fingerprint density at radius 2 is 1.62 bits per heavy atom. The number of hydrogen-bond acceptors (Lipinski definition) is 6. The van der Waals surface area contributed by atoms with Crippen molar-refractivity contribution in [2.75, 3.05) is 33.6 Å². The summed E-state index contributed by atoms with van der Waals surface area (Å²) in [5, 5.41) is -0.444. The van der Waals surface area contributed by atoms with Gasteiger partial charge in [0.2, 0.25) is 11.7 Å². The number of fused-ring (bicyclic) bond motifs is 2. The zero-order chi connectivity index (χ0) is 28.1. The number of carbonyl (C=O) groups is 2. The summed E-state index contributed by atoms with van der Waals surface area (Å²) in [6.45, 7) is 7.54. The van der Waals surface area contributed by atoms with Crippen LogP contribution in [0.5, 0.6) is 17.2 Å². The van der Waals surface area contributed by atoms with Crippen molar-refractivity contribution in [3.05, 3.63) is 53.3 Å². The maximum atomic E-state index is 14.3. The molecule has 3 fully saturated rings. The minimum atomic E-state index is -0.650. The lowest BCUT2D eigenvalue weighted by molar-refractivity contribution is -0.136. The number of carbonyl (C=O) groups excluding carboxylic acids is 2. The highest BCUT2D eigenvalue weighted by atomic mass is 32.2. The second-order valence-electron chi connectivity index (χ2n) is 12.1. The van der Waals surface area contributed by atoms with E-state index in [0.29, 0.717) is 35.1 Å². The molecule has 2 heterocycles. The third kappa shape index (κ3) is 5.06. The molecule has 3 aliphatic rings. The van der Waals surface area contributed by atoms with Crippen LogP contribution in [0.3, 0.4) is 0 Å². The predicted molar refractivity (Wildman–Crippen MR) is 149 cm³/mol. The van der Waals surface area contributed by atoms with Crippen LogP contribution in [0.15, 0.2) is 36.4 Å². The number of thioether (sulfide) groups is 1. The zero-order valence-electron chi connectivity index (χ0n) is 23.5. The fourth-order valence-electron chi connectivity index (χ4n) is 7.09. The van der Waals surface area contributed by atoms with Crippen molar-refractivity contribution in [2.24, 2.45) is 10.8 Å². The monoisotopic (exact) mass is 556 g/mol. The smallest absolute Gasteiger partial charge is 0.256 e. The molecule has 4 unspecified atom stereocenters. The topological polar surface area (TPSA) is 68.3 Å². The Labute approximate surface area is 234 Å². The molecule has 0 N–H and O–H groups in total. The van der Waals surface area contributed by atoms with E-state index >= 15 is 0 Å². The Morgan fingerprint density at radius 1 is 0.974 bits per heavy atom. The third-order valence-corrected chi connectivity index (χ3v) is 9.61. The largest absolute Gasteiger partial charge is 0.493 e. The molecule has 0 aromatic heterocycles. The van der Waals surface area contributed by atoms with E-state index in [1.165, 1.54) is 45.2 Å². The van der Waals surface area contributed by atoms with Gasteiger partial charge in [-0.05, 0) is 59.9 Å². The SMILES string of the molecule is COc1cc(C(=O)N2C(C(=O)N3CC4(C)CC3CC(C)(C)C4)CSC2c2ccc(F)cc2)cc(OC)c1OC. The molecule has 1 aliphatic carbocycles. The van der Waals surface area contributed by atoms with Crippen LogP contribution in [0, 0.1) is 16.6 Å². The van der Waals surface area contributed by atoms with Gasteiger partial charge in [-0.25, -0.2) is 4.39 Å². The predicted octanol–water partition coefficient (Wildman–Crippen LogP) is 5.54. The molecule has 0 radical (unpaired) electrons. The van der Waals surface area contributed by atoms with Gasteiger partial charge in [0, 0.05) is 23.9 Å². The van der Waals surface area contributed by atoms with E-state index in [0.717, 1.165) is 24.8 Å². The minimum Gasteiger partial charge on any atom is -0.493 e. The van der Waals surface area contributed by atoms with Gasteiger partial charge >= 0.3 is 0 Å². The van der Waals surface area contributed by atoms with E-state index in [4.69, 9.17) is 14.2 Å². The van der Waals surface area contributed by atoms with Gasteiger partial charge in [-0.3, -0.25) is 9.59 Å². The summed E-state index contributed by atoms with van der Waals surface area (Å²) in [4.78, 5) is 32.2. The summed E-state index contributed by atoms with van der Waals surface area (Å²) >= 11 is 1.53. The summed E-state index contributed by atoms with van der Waals surface area (Å²) in [5.74, 6) is 0.876. The number of hydrogen-bond donors (Lipinski definition) is 0. The molecule has 210 valence electrons.